The SMILES string of the molecule is C[C@H]1CN(C2COC2)CCN1c1ccc(Nc2nn(-c3ccnc(N4CCn5c(cc6c5CC(C)(C)C6)C4=O)c3CO)cc2C(N)=O)nc1. The van der Waals surface area contributed by atoms with Crippen molar-refractivity contribution in [2.45, 2.75) is 58.8 Å². The number of nitrogens with two attached hydrogens (primary N) is 1. The second kappa shape index (κ2) is 12.0. The number of amides is 2. The first-order valence-electron chi connectivity index (χ1n) is 16.9. The molecule has 2 fully saturated rings. The molecule has 7 heterocycles. The van der Waals surface area contributed by atoms with Crippen LogP contribution < -0.4 is 20.9 Å². The standard InChI is InChI=1S/C35H42N10O4/c1-21-16-41(24-19-49-20-24)8-9-42(21)23-4-5-30(38-15-23)39-32-25(31(36)47)17-45(40-32)27-6-7-37-33(26(27)18-46)44-11-10-43-28(34(44)48)12-22-13-35(2,3)14-29(22)43/h4-7,12,15,17,21,24,46H,8-11,13-14,16,18-20H2,1-3H3,(H2,36,47)(H,38,39,40)/t21-/m0/s1. The predicted octanol–water partition coefficient (Wildman–Crippen LogP) is 2.49. The molecule has 2 saturated heterocycles. The normalized spacial score (nSPS) is 20.7. The average Bonchev–Trinajstić information content (AvgIpc) is 3.71. The first-order chi connectivity index (χ1) is 23.6. The molecule has 8 rings (SSSR count). The van der Waals surface area contributed by atoms with Crippen molar-refractivity contribution in [1.82, 2.24) is 29.2 Å². The summed E-state index contributed by atoms with van der Waals surface area (Å²) in [6.45, 7) is 11.9. The Bertz CT molecular complexity index is 1930. The lowest BCUT2D eigenvalue weighted by atomic mass is 9.90. The molecule has 4 aromatic heterocycles. The molecule has 14 heteroatoms. The number of aliphatic hydroxyl groups excluding tert-OH is 1. The maximum absolute atomic E-state index is 13.8. The molecule has 3 aliphatic heterocycles. The van der Waals surface area contributed by atoms with Crippen molar-refractivity contribution < 1.29 is 19.4 Å². The highest BCUT2D eigenvalue weighted by molar-refractivity contribution is 6.06. The summed E-state index contributed by atoms with van der Waals surface area (Å²) in [4.78, 5) is 42.0. The van der Waals surface area contributed by atoms with Gasteiger partial charge in [-0.1, -0.05) is 13.8 Å². The van der Waals surface area contributed by atoms with Crippen molar-refractivity contribution in [2.24, 2.45) is 11.1 Å². The van der Waals surface area contributed by atoms with Gasteiger partial charge in [0.15, 0.2) is 5.82 Å². The van der Waals surface area contributed by atoms with Gasteiger partial charge in [0.1, 0.15) is 22.9 Å². The highest BCUT2D eigenvalue weighted by Gasteiger charge is 2.38. The van der Waals surface area contributed by atoms with Crippen LogP contribution in [0, 0.1) is 5.41 Å². The van der Waals surface area contributed by atoms with Crippen molar-refractivity contribution in [1.29, 1.82) is 0 Å². The smallest absolute Gasteiger partial charge is 0.276 e. The zero-order chi connectivity index (χ0) is 34.0. The van der Waals surface area contributed by atoms with E-state index in [9.17, 15) is 14.7 Å². The van der Waals surface area contributed by atoms with Crippen molar-refractivity contribution in [3.05, 3.63) is 70.9 Å². The molecule has 1 aliphatic carbocycles. The molecule has 14 nitrogen and oxygen atoms in total. The van der Waals surface area contributed by atoms with Crippen molar-refractivity contribution in [2.75, 3.05) is 54.5 Å². The number of ether oxygens (including phenoxy) is 1. The van der Waals surface area contributed by atoms with E-state index < -0.39 is 12.5 Å². The van der Waals surface area contributed by atoms with E-state index in [0.29, 0.717) is 53.8 Å². The molecule has 1 atom stereocenters. The maximum atomic E-state index is 13.8. The number of pyridine rings is 2. The minimum absolute atomic E-state index is 0.155. The van der Waals surface area contributed by atoms with Crippen LogP contribution in [-0.4, -0.2) is 97.6 Å². The van der Waals surface area contributed by atoms with Gasteiger partial charge in [0, 0.05) is 62.4 Å². The first kappa shape index (κ1) is 31.5. The van der Waals surface area contributed by atoms with Crippen LogP contribution in [0.5, 0.6) is 0 Å². The Morgan fingerprint density at radius 2 is 1.96 bits per heavy atom. The number of carbonyl (C=O) groups is 2. The average molecular weight is 667 g/mol. The zero-order valence-corrected chi connectivity index (χ0v) is 28.1. The van der Waals surface area contributed by atoms with Gasteiger partial charge < -0.3 is 30.4 Å². The number of aliphatic hydroxyl groups is 1. The van der Waals surface area contributed by atoms with Crippen LogP contribution in [0.1, 0.15) is 58.4 Å². The number of nitrogens with one attached hydrogen (secondary N) is 1. The Balaban J connectivity index is 1.03. The summed E-state index contributed by atoms with van der Waals surface area (Å²) in [7, 11) is 0. The third kappa shape index (κ3) is 5.53. The summed E-state index contributed by atoms with van der Waals surface area (Å²) in [6.07, 6.45) is 6.79. The molecule has 0 aromatic carbocycles. The van der Waals surface area contributed by atoms with Gasteiger partial charge >= 0.3 is 0 Å². The third-order valence-electron chi connectivity index (χ3n) is 10.4. The Morgan fingerprint density at radius 3 is 2.65 bits per heavy atom. The first-order valence-corrected chi connectivity index (χ1v) is 16.9. The van der Waals surface area contributed by atoms with E-state index in [1.165, 1.54) is 22.1 Å². The molecule has 0 saturated carbocycles. The molecule has 4 aliphatic rings. The van der Waals surface area contributed by atoms with Crippen LogP contribution in [0.3, 0.4) is 0 Å². The van der Waals surface area contributed by atoms with E-state index in [-0.39, 0.29) is 22.7 Å². The van der Waals surface area contributed by atoms with E-state index in [4.69, 9.17) is 10.5 Å². The number of carbonyl (C=O) groups excluding carboxylic acids is 2. The fraction of sp³-hybridized carbons (Fsp3) is 0.457. The van der Waals surface area contributed by atoms with Gasteiger partial charge in [-0.2, -0.15) is 0 Å². The van der Waals surface area contributed by atoms with Gasteiger partial charge in [-0.3, -0.25) is 19.4 Å². The van der Waals surface area contributed by atoms with Gasteiger partial charge in [-0.25, -0.2) is 14.6 Å². The molecule has 4 aromatic rings. The number of primary amides is 1. The van der Waals surface area contributed by atoms with Gasteiger partial charge in [-0.05, 0) is 55.0 Å². The summed E-state index contributed by atoms with van der Waals surface area (Å²) in [5, 5.41) is 18.4. The number of hydrogen-bond acceptors (Lipinski definition) is 10. The highest BCUT2D eigenvalue weighted by Crippen LogP contribution is 2.40. The molecule has 49 heavy (non-hydrogen) atoms. The largest absolute Gasteiger partial charge is 0.391 e. The highest BCUT2D eigenvalue weighted by atomic mass is 16.5. The van der Waals surface area contributed by atoms with Crippen LogP contribution in [0.25, 0.3) is 5.69 Å². The second-order valence-corrected chi connectivity index (χ2v) is 14.4. The van der Waals surface area contributed by atoms with E-state index in [1.807, 2.05) is 24.4 Å². The zero-order valence-electron chi connectivity index (χ0n) is 28.1. The van der Waals surface area contributed by atoms with Crippen LogP contribution >= 0.6 is 0 Å². The van der Waals surface area contributed by atoms with E-state index in [0.717, 1.165) is 51.4 Å². The summed E-state index contributed by atoms with van der Waals surface area (Å²) in [5.74, 6) is 0.263. The van der Waals surface area contributed by atoms with Gasteiger partial charge in [0.25, 0.3) is 11.8 Å². The summed E-state index contributed by atoms with van der Waals surface area (Å²) >= 11 is 0. The molecule has 2 amide bonds. The molecule has 4 N–H and O–H groups in total. The molecule has 0 bridgehead atoms. The Morgan fingerprint density at radius 1 is 1.12 bits per heavy atom. The van der Waals surface area contributed by atoms with Crippen LogP contribution in [0.4, 0.5) is 23.1 Å². The lowest BCUT2D eigenvalue weighted by Gasteiger charge is -2.46. The number of aromatic nitrogens is 5. The van der Waals surface area contributed by atoms with E-state index in [2.05, 4.69) is 55.5 Å². The maximum Gasteiger partial charge on any atom is 0.276 e. The molecular formula is C35H42N10O4. The summed E-state index contributed by atoms with van der Waals surface area (Å²) in [6, 6.07) is 8.42. The monoisotopic (exact) mass is 666 g/mol. The molecular weight excluding hydrogens is 624 g/mol. The topological polar surface area (TPSA) is 160 Å². The lowest BCUT2D eigenvalue weighted by Crippen LogP contribution is -2.59. The number of nitrogens with zero attached hydrogens (tertiary/aromatic N) is 8. The van der Waals surface area contributed by atoms with Gasteiger partial charge in [0.2, 0.25) is 0 Å². The summed E-state index contributed by atoms with van der Waals surface area (Å²) < 4.78 is 9.00. The fourth-order valence-corrected chi connectivity index (χ4v) is 7.84. The summed E-state index contributed by atoms with van der Waals surface area (Å²) in [5.41, 5.74) is 11.1. The van der Waals surface area contributed by atoms with Crippen molar-refractivity contribution in [3.8, 4) is 5.69 Å². The molecule has 0 unspecified atom stereocenters. The second-order valence-electron chi connectivity index (χ2n) is 14.4. The number of hydrogen-bond donors (Lipinski definition) is 3. The quantitative estimate of drug-likeness (QED) is 0.255. The number of fused-ring (bicyclic) bond motifs is 3. The minimum Gasteiger partial charge on any atom is -0.391 e. The lowest BCUT2D eigenvalue weighted by molar-refractivity contribution is -0.0691. The van der Waals surface area contributed by atoms with Crippen LogP contribution in [0.2, 0.25) is 0 Å². The van der Waals surface area contributed by atoms with E-state index >= 15 is 0 Å². The van der Waals surface area contributed by atoms with Gasteiger partial charge in [0.05, 0.1) is 43.4 Å². The Kier molecular flexibility index (Phi) is 7.69. The molecule has 0 radical (unpaired) electrons. The van der Waals surface area contributed by atoms with Crippen molar-refractivity contribution >= 4 is 35.0 Å². The number of anilines is 4. The molecule has 256 valence electrons. The number of rotatable bonds is 8. The van der Waals surface area contributed by atoms with Gasteiger partial charge in [-0.15, -0.1) is 5.10 Å². The Labute approximate surface area is 284 Å². The number of piperazine rings is 1. The van der Waals surface area contributed by atoms with E-state index in [1.54, 1.807) is 17.2 Å². The molecule has 0 spiro atoms. The van der Waals surface area contributed by atoms with Crippen LogP contribution in [-0.2, 0) is 30.7 Å². The van der Waals surface area contributed by atoms with Crippen molar-refractivity contribution in [3.63, 3.8) is 0 Å². The Hall–Kier alpha value is -4.79. The predicted molar refractivity (Wildman–Crippen MR) is 184 cm³/mol. The fourth-order valence-electron chi connectivity index (χ4n) is 7.84. The third-order valence-corrected chi connectivity index (χ3v) is 10.4. The minimum atomic E-state index is -0.669. The van der Waals surface area contributed by atoms with Crippen LogP contribution in [0.15, 0.2) is 42.9 Å².